The Balaban J connectivity index is 2.26. The summed E-state index contributed by atoms with van der Waals surface area (Å²) in [6.07, 6.45) is 0. The molecule has 0 saturated carbocycles. The Morgan fingerprint density at radius 3 is 2.76 bits per heavy atom. The van der Waals surface area contributed by atoms with E-state index in [1.165, 1.54) is 24.3 Å². The van der Waals surface area contributed by atoms with E-state index in [1.54, 1.807) is 12.1 Å². The van der Waals surface area contributed by atoms with E-state index in [9.17, 15) is 15.2 Å². The van der Waals surface area contributed by atoms with Gasteiger partial charge >= 0.3 is 0 Å². The Hall–Kier alpha value is -2.59. The van der Waals surface area contributed by atoms with Crippen LogP contribution < -0.4 is 5.32 Å². The number of aromatic hydroxyl groups is 1. The van der Waals surface area contributed by atoms with E-state index in [0.717, 1.165) is 4.47 Å². The summed E-state index contributed by atoms with van der Waals surface area (Å²) in [5, 5.41) is 32.4. The van der Waals surface area contributed by atoms with Crippen molar-refractivity contribution in [1.29, 1.82) is 5.26 Å². The molecule has 0 aromatic heterocycles. The third-order valence-corrected chi connectivity index (χ3v) is 3.33. The van der Waals surface area contributed by atoms with Crippen LogP contribution >= 0.6 is 15.9 Å². The first-order valence-corrected chi connectivity index (χ1v) is 6.70. The molecule has 6 nitrogen and oxygen atoms in total. The van der Waals surface area contributed by atoms with Crippen LogP contribution in [0.5, 0.6) is 5.75 Å². The highest BCUT2D eigenvalue weighted by molar-refractivity contribution is 9.10. The highest BCUT2D eigenvalue weighted by Gasteiger charge is 2.15. The van der Waals surface area contributed by atoms with Crippen LogP contribution in [0.4, 0.5) is 11.4 Å². The number of hydrogen-bond donors (Lipinski definition) is 2. The molecule has 0 fully saturated rings. The first-order chi connectivity index (χ1) is 10.0. The zero-order valence-corrected chi connectivity index (χ0v) is 12.3. The molecule has 2 aromatic carbocycles. The lowest BCUT2D eigenvalue weighted by Gasteiger charge is -2.09. The van der Waals surface area contributed by atoms with E-state index in [2.05, 4.69) is 21.2 Å². The van der Waals surface area contributed by atoms with Crippen LogP contribution in [0, 0.1) is 21.4 Å². The van der Waals surface area contributed by atoms with Crippen LogP contribution in [0.1, 0.15) is 11.1 Å². The fourth-order valence-electron chi connectivity index (χ4n) is 1.79. The molecule has 0 radical (unpaired) electrons. The summed E-state index contributed by atoms with van der Waals surface area (Å²) in [5.41, 5.74) is 0.933. The lowest BCUT2D eigenvalue weighted by atomic mass is 10.1. The fraction of sp³-hybridized carbons (Fsp3) is 0.0714. The van der Waals surface area contributed by atoms with E-state index in [0.29, 0.717) is 11.3 Å². The maximum absolute atomic E-state index is 11.0. The maximum atomic E-state index is 11.0. The molecule has 0 aliphatic rings. The van der Waals surface area contributed by atoms with Gasteiger partial charge in [0.15, 0.2) is 0 Å². The van der Waals surface area contributed by atoms with Crippen LogP contribution in [0.15, 0.2) is 40.9 Å². The van der Waals surface area contributed by atoms with Gasteiger partial charge in [-0.25, -0.2) is 0 Å². The first-order valence-electron chi connectivity index (χ1n) is 5.91. The van der Waals surface area contributed by atoms with Crippen LogP contribution in [0.3, 0.4) is 0 Å². The summed E-state index contributed by atoms with van der Waals surface area (Å²) in [4.78, 5) is 10.5. The molecule has 106 valence electrons. The molecule has 0 atom stereocenters. The van der Waals surface area contributed by atoms with Gasteiger partial charge in [-0.1, -0.05) is 15.9 Å². The summed E-state index contributed by atoms with van der Waals surface area (Å²) < 4.78 is 0.798. The van der Waals surface area contributed by atoms with Crippen molar-refractivity contribution in [2.75, 3.05) is 5.32 Å². The summed E-state index contributed by atoms with van der Waals surface area (Å²) >= 11 is 3.30. The summed E-state index contributed by atoms with van der Waals surface area (Å²) in [7, 11) is 0. The Labute approximate surface area is 128 Å². The summed E-state index contributed by atoms with van der Waals surface area (Å²) in [6, 6.07) is 11.0. The first kappa shape index (κ1) is 14.8. The van der Waals surface area contributed by atoms with Gasteiger partial charge in [-0.2, -0.15) is 5.26 Å². The van der Waals surface area contributed by atoms with Gasteiger partial charge in [-0.3, -0.25) is 10.1 Å². The molecule has 0 aliphatic carbocycles. The Kier molecular flexibility index (Phi) is 4.40. The van der Waals surface area contributed by atoms with E-state index >= 15 is 0 Å². The minimum absolute atomic E-state index is 0.0991. The number of anilines is 1. The van der Waals surface area contributed by atoms with E-state index in [1.807, 2.05) is 6.07 Å². The number of nitro benzene ring substituents is 1. The average Bonchev–Trinajstić information content (AvgIpc) is 2.48. The second-order valence-corrected chi connectivity index (χ2v) is 5.14. The number of rotatable bonds is 4. The van der Waals surface area contributed by atoms with Crippen LogP contribution in [0.2, 0.25) is 0 Å². The number of nitro groups is 1. The van der Waals surface area contributed by atoms with E-state index in [-0.39, 0.29) is 23.5 Å². The second kappa shape index (κ2) is 6.24. The molecule has 2 rings (SSSR count). The van der Waals surface area contributed by atoms with Crippen molar-refractivity contribution in [3.63, 3.8) is 0 Å². The molecular formula is C14H10BrN3O3. The average molecular weight is 348 g/mol. The Morgan fingerprint density at radius 2 is 2.10 bits per heavy atom. The van der Waals surface area contributed by atoms with Crippen molar-refractivity contribution in [3.05, 3.63) is 62.1 Å². The van der Waals surface area contributed by atoms with Gasteiger partial charge < -0.3 is 10.4 Å². The molecule has 0 heterocycles. The zero-order chi connectivity index (χ0) is 15.4. The van der Waals surface area contributed by atoms with Crippen LogP contribution in [-0.4, -0.2) is 10.0 Å². The minimum atomic E-state index is -0.552. The quantitative estimate of drug-likeness (QED) is 0.650. The van der Waals surface area contributed by atoms with Gasteiger partial charge in [0.2, 0.25) is 0 Å². The summed E-state index contributed by atoms with van der Waals surface area (Å²) in [5.74, 6) is 0.0991. The number of nitrogens with zero attached hydrogens (tertiary/aromatic N) is 2. The molecule has 0 spiro atoms. The van der Waals surface area contributed by atoms with Crippen molar-refractivity contribution in [2.24, 2.45) is 0 Å². The monoisotopic (exact) mass is 347 g/mol. The van der Waals surface area contributed by atoms with Gasteiger partial charge in [0, 0.05) is 22.6 Å². The Morgan fingerprint density at radius 1 is 1.33 bits per heavy atom. The largest absolute Gasteiger partial charge is 0.508 e. The fourth-order valence-corrected chi connectivity index (χ4v) is 2.20. The lowest BCUT2D eigenvalue weighted by Crippen LogP contribution is -2.03. The molecule has 2 N–H and O–H groups in total. The van der Waals surface area contributed by atoms with Crippen molar-refractivity contribution in [2.45, 2.75) is 6.54 Å². The van der Waals surface area contributed by atoms with Crippen molar-refractivity contribution < 1.29 is 10.0 Å². The molecule has 0 amide bonds. The smallest absolute Gasteiger partial charge is 0.293 e. The van der Waals surface area contributed by atoms with Crippen LogP contribution in [0.25, 0.3) is 0 Å². The molecule has 0 unspecified atom stereocenters. The predicted octanol–water partition coefficient (Wildman–Crippen LogP) is 3.55. The van der Waals surface area contributed by atoms with Crippen LogP contribution in [-0.2, 0) is 6.54 Å². The van der Waals surface area contributed by atoms with Gasteiger partial charge in [-0.15, -0.1) is 0 Å². The lowest BCUT2D eigenvalue weighted by molar-refractivity contribution is -0.384. The van der Waals surface area contributed by atoms with Gasteiger partial charge in [0.05, 0.1) is 16.6 Å². The predicted molar refractivity (Wildman–Crippen MR) is 80.9 cm³/mol. The number of benzene rings is 2. The highest BCUT2D eigenvalue weighted by atomic mass is 79.9. The second-order valence-electron chi connectivity index (χ2n) is 4.23. The van der Waals surface area contributed by atoms with E-state index in [4.69, 9.17) is 5.26 Å². The molecule has 2 aromatic rings. The Bertz CT molecular complexity index is 741. The third-order valence-electron chi connectivity index (χ3n) is 2.83. The normalized spacial score (nSPS) is 9.90. The molecule has 21 heavy (non-hydrogen) atoms. The van der Waals surface area contributed by atoms with Gasteiger partial charge in [0.1, 0.15) is 11.4 Å². The number of halogens is 1. The van der Waals surface area contributed by atoms with Gasteiger partial charge in [0.25, 0.3) is 5.69 Å². The van der Waals surface area contributed by atoms with Crippen molar-refractivity contribution in [3.8, 4) is 11.8 Å². The van der Waals surface area contributed by atoms with Gasteiger partial charge in [-0.05, 0) is 30.3 Å². The van der Waals surface area contributed by atoms with E-state index < -0.39 is 4.92 Å². The number of nitriles is 1. The SMILES string of the molecule is N#Cc1ccc(NCc2cc(Br)ccc2O)c([N+](=O)[O-])c1. The van der Waals surface area contributed by atoms with Crippen molar-refractivity contribution >= 4 is 27.3 Å². The molecule has 0 aliphatic heterocycles. The molecule has 0 bridgehead atoms. The van der Waals surface area contributed by atoms with Crippen molar-refractivity contribution in [1.82, 2.24) is 0 Å². The highest BCUT2D eigenvalue weighted by Crippen LogP contribution is 2.28. The molecule has 0 saturated heterocycles. The third kappa shape index (κ3) is 3.49. The molecule has 7 heteroatoms. The summed E-state index contributed by atoms with van der Waals surface area (Å²) in [6.45, 7) is 0.220. The zero-order valence-electron chi connectivity index (χ0n) is 10.7. The number of phenolic OH excluding ortho intramolecular Hbond substituents is 1. The molecular weight excluding hydrogens is 338 g/mol. The standard InChI is InChI=1S/C14H10BrN3O3/c15-11-2-4-14(19)10(6-11)8-17-12-3-1-9(7-16)5-13(12)18(20)21/h1-6,17,19H,8H2. The maximum Gasteiger partial charge on any atom is 0.293 e. The number of phenols is 1. The number of nitrogens with one attached hydrogen (secondary N) is 1. The topological polar surface area (TPSA) is 99.2 Å². The minimum Gasteiger partial charge on any atom is -0.508 e. The number of hydrogen-bond acceptors (Lipinski definition) is 5.